The Bertz CT molecular complexity index is 947. The Balaban J connectivity index is 1.56. The first-order valence-electron chi connectivity index (χ1n) is 9.82. The Morgan fingerprint density at radius 3 is 2.40 bits per heavy atom. The van der Waals surface area contributed by atoms with Crippen LogP contribution in [0.25, 0.3) is 0 Å². The summed E-state index contributed by atoms with van der Waals surface area (Å²) in [5.74, 6) is -0.820. The van der Waals surface area contributed by atoms with Crippen LogP contribution in [0.4, 0.5) is 11.4 Å². The van der Waals surface area contributed by atoms with Crippen molar-refractivity contribution < 1.29 is 14.4 Å². The summed E-state index contributed by atoms with van der Waals surface area (Å²) in [7, 11) is 0. The molecule has 1 fully saturated rings. The van der Waals surface area contributed by atoms with Crippen molar-refractivity contribution in [2.75, 3.05) is 23.7 Å². The number of unbranched alkanes of at least 4 members (excludes halogenated alkanes) is 1. The lowest BCUT2D eigenvalue weighted by Gasteiger charge is -2.16. The van der Waals surface area contributed by atoms with Crippen molar-refractivity contribution in [2.45, 2.75) is 26.2 Å². The molecule has 158 valence electrons. The third-order valence-corrected chi connectivity index (χ3v) is 5.70. The summed E-state index contributed by atoms with van der Waals surface area (Å²) in [5.41, 5.74) is 1.54. The molecule has 1 aliphatic heterocycles. The first-order chi connectivity index (χ1) is 14.4. The van der Waals surface area contributed by atoms with Crippen LogP contribution in [0.3, 0.4) is 0 Å². The molecule has 1 aliphatic rings. The average Bonchev–Trinajstić information content (AvgIpc) is 3.10. The maximum atomic E-state index is 12.5. The number of likely N-dealkylation sites (tertiary alicyclic amines) is 1. The van der Waals surface area contributed by atoms with Gasteiger partial charge in [0.1, 0.15) is 0 Å². The molecular weight excluding hydrogens is 425 g/mol. The summed E-state index contributed by atoms with van der Waals surface area (Å²) < 4.78 is 0. The number of benzene rings is 2. The van der Waals surface area contributed by atoms with Gasteiger partial charge in [0.25, 0.3) is 5.91 Å². The summed E-state index contributed by atoms with van der Waals surface area (Å²) in [4.78, 5) is 38.7. The van der Waals surface area contributed by atoms with E-state index >= 15 is 0 Å². The van der Waals surface area contributed by atoms with E-state index in [1.54, 1.807) is 47.4 Å². The molecule has 0 aliphatic carbocycles. The first kappa shape index (κ1) is 22.1. The Kier molecular flexibility index (Phi) is 7.34. The zero-order chi connectivity index (χ0) is 21.7. The molecule has 0 spiro atoms. The van der Waals surface area contributed by atoms with Crippen LogP contribution in [0.15, 0.2) is 42.5 Å². The highest BCUT2D eigenvalue weighted by molar-refractivity contribution is 6.42. The molecule has 1 heterocycles. The van der Waals surface area contributed by atoms with Gasteiger partial charge in [0, 0.05) is 36.4 Å². The van der Waals surface area contributed by atoms with Gasteiger partial charge in [0.15, 0.2) is 0 Å². The van der Waals surface area contributed by atoms with Crippen LogP contribution >= 0.6 is 23.2 Å². The molecule has 0 bridgehead atoms. The van der Waals surface area contributed by atoms with Crippen LogP contribution in [0.1, 0.15) is 36.5 Å². The summed E-state index contributed by atoms with van der Waals surface area (Å²) in [6.07, 6.45) is 2.18. The minimum Gasteiger partial charge on any atom is -0.342 e. The largest absolute Gasteiger partial charge is 0.342 e. The quantitative estimate of drug-likeness (QED) is 0.637. The standard InChI is InChI=1S/C22H23Cl2N3O3/c1-2-3-10-27-13-15(11-20(27)28)22(30)25-16-6-4-14(5-7-16)21(29)26-17-8-9-18(23)19(24)12-17/h4-9,12,15H,2-3,10-11,13H2,1H3,(H,25,30)(H,26,29). The molecule has 2 aromatic carbocycles. The van der Waals surface area contributed by atoms with E-state index in [0.29, 0.717) is 40.1 Å². The van der Waals surface area contributed by atoms with Gasteiger partial charge in [-0.15, -0.1) is 0 Å². The number of carbonyl (C=O) groups excluding carboxylic acids is 3. The lowest BCUT2D eigenvalue weighted by atomic mass is 10.1. The highest BCUT2D eigenvalue weighted by atomic mass is 35.5. The number of anilines is 2. The number of halogens is 2. The molecule has 2 aromatic rings. The second-order valence-corrected chi connectivity index (χ2v) is 8.06. The molecule has 30 heavy (non-hydrogen) atoms. The molecular formula is C22H23Cl2N3O3. The zero-order valence-corrected chi connectivity index (χ0v) is 18.1. The van der Waals surface area contributed by atoms with Gasteiger partial charge in [-0.25, -0.2) is 0 Å². The number of nitrogens with zero attached hydrogens (tertiary/aromatic N) is 1. The third-order valence-electron chi connectivity index (χ3n) is 4.96. The lowest BCUT2D eigenvalue weighted by molar-refractivity contribution is -0.128. The number of hydrogen-bond acceptors (Lipinski definition) is 3. The predicted molar refractivity (Wildman–Crippen MR) is 119 cm³/mol. The van der Waals surface area contributed by atoms with Crippen molar-refractivity contribution in [3.63, 3.8) is 0 Å². The van der Waals surface area contributed by atoms with Crippen molar-refractivity contribution in [1.82, 2.24) is 4.90 Å². The highest BCUT2D eigenvalue weighted by Gasteiger charge is 2.33. The van der Waals surface area contributed by atoms with E-state index in [1.807, 2.05) is 0 Å². The molecule has 1 unspecified atom stereocenters. The number of amides is 3. The van der Waals surface area contributed by atoms with E-state index < -0.39 is 0 Å². The minimum absolute atomic E-state index is 0.0259. The maximum Gasteiger partial charge on any atom is 0.255 e. The fourth-order valence-corrected chi connectivity index (χ4v) is 3.54. The van der Waals surface area contributed by atoms with Crippen molar-refractivity contribution in [2.24, 2.45) is 5.92 Å². The smallest absolute Gasteiger partial charge is 0.255 e. The molecule has 1 saturated heterocycles. The number of carbonyl (C=O) groups is 3. The van der Waals surface area contributed by atoms with Crippen LogP contribution in [0, 0.1) is 5.92 Å². The SMILES string of the molecule is CCCCN1CC(C(=O)Nc2ccc(C(=O)Nc3ccc(Cl)c(Cl)c3)cc2)CC1=O. The fourth-order valence-electron chi connectivity index (χ4n) is 3.24. The topological polar surface area (TPSA) is 78.5 Å². The van der Waals surface area contributed by atoms with Gasteiger partial charge in [-0.05, 0) is 48.9 Å². The molecule has 6 nitrogen and oxygen atoms in total. The Morgan fingerprint density at radius 1 is 1.03 bits per heavy atom. The van der Waals surface area contributed by atoms with E-state index in [9.17, 15) is 14.4 Å². The molecule has 3 rings (SSSR count). The number of hydrogen-bond donors (Lipinski definition) is 2. The molecule has 3 amide bonds. The Labute approximate surface area is 185 Å². The predicted octanol–water partition coefficient (Wildman–Crippen LogP) is 4.83. The zero-order valence-electron chi connectivity index (χ0n) is 16.6. The van der Waals surface area contributed by atoms with Crippen molar-refractivity contribution >= 4 is 52.3 Å². The van der Waals surface area contributed by atoms with Crippen molar-refractivity contribution in [1.29, 1.82) is 0 Å². The van der Waals surface area contributed by atoms with E-state index in [2.05, 4.69) is 17.6 Å². The number of rotatable bonds is 7. The van der Waals surface area contributed by atoms with Gasteiger partial charge in [-0.1, -0.05) is 36.5 Å². The summed E-state index contributed by atoms with van der Waals surface area (Å²) in [6, 6.07) is 11.4. The summed E-state index contributed by atoms with van der Waals surface area (Å²) in [6.45, 7) is 3.22. The normalized spacial score (nSPS) is 15.9. The average molecular weight is 448 g/mol. The fraction of sp³-hybridized carbons (Fsp3) is 0.318. The van der Waals surface area contributed by atoms with E-state index in [1.165, 1.54) is 0 Å². The molecule has 0 radical (unpaired) electrons. The van der Waals surface area contributed by atoms with Crippen LogP contribution < -0.4 is 10.6 Å². The lowest BCUT2D eigenvalue weighted by Crippen LogP contribution is -2.29. The van der Waals surface area contributed by atoms with Crippen molar-refractivity contribution in [3.8, 4) is 0 Å². The van der Waals surface area contributed by atoms with E-state index in [0.717, 1.165) is 12.8 Å². The summed E-state index contributed by atoms with van der Waals surface area (Å²) in [5, 5.41) is 6.34. The molecule has 0 aromatic heterocycles. The van der Waals surface area contributed by atoms with Crippen molar-refractivity contribution in [3.05, 3.63) is 58.1 Å². The second-order valence-electron chi connectivity index (χ2n) is 7.24. The van der Waals surface area contributed by atoms with Gasteiger partial charge in [0.2, 0.25) is 11.8 Å². The molecule has 8 heteroatoms. The Hall–Kier alpha value is -2.57. The molecule has 1 atom stereocenters. The van der Waals surface area contributed by atoms with E-state index in [-0.39, 0.29) is 30.1 Å². The van der Waals surface area contributed by atoms with Crippen LogP contribution in [-0.2, 0) is 9.59 Å². The van der Waals surface area contributed by atoms with Gasteiger partial charge in [-0.2, -0.15) is 0 Å². The van der Waals surface area contributed by atoms with Gasteiger partial charge in [0.05, 0.1) is 16.0 Å². The maximum absolute atomic E-state index is 12.5. The number of nitrogens with one attached hydrogen (secondary N) is 2. The van der Waals surface area contributed by atoms with Gasteiger partial charge >= 0.3 is 0 Å². The van der Waals surface area contributed by atoms with Gasteiger partial charge < -0.3 is 15.5 Å². The second kappa shape index (κ2) is 9.96. The van der Waals surface area contributed by atoms with Crippen LogP contribution in [0.2, 0.25) is 10.0 Å². The third kappa shape index (κ3) is 5.52. The highest BCUT2D eigenvalue weighted by Crippen LogP contribution is 2.25. The molecule has 0 saturated carbocycles. The van der Waals surface area contributed by atoms with Gasteiger partial charge in [-0.3, -0.25) is 14.4 Å². The molecule has 2 N–H and O–H groups in total. The first-order valence-corrected chi connectivity index (χ1v) is 10.6. The van der Waals surface area contributed by atoms with E-state index in [4.69, 9.17) is 23.2 Å². The minimum atomic E-state index is -0.355. The summed E-state index contributed by atoms with van der Waals surface area (Å²) >= 11 is 11.8. The monoisotopic (exact) mass is 447 g/mol. The van der Waals surface area contributed by atoms with Crippen LogP contribution in [0.5, 0.6) is 0 Å². The Morgan fingerprint density at radius 2 is 1.73 bits per heavy atom. The van der Waals surface area contributed by atoms with Crippen LogP contribution in [-0.4, -0.2) is 35.7 Å².